The Morgan fingerprint density at radius 3 is 2.21 bits per heavy atom. The first-order valence-electron chi connectivity index (χ1n) is 9.04. The maximum absolute atomic E-state index is 12.1. The van der Waals surface area contributed by atoms with E-state index >= 15 is 0 Å². The molecule has 2 aromatic carbocycles. The lowest BCUT2D eigenvalue weighted by Crippen LogP contribution is -2.27. The molecule has 0 atom stereocenters. The molecule has 0 unspecified atom stereocenters. The average molecular weight is 393 g/mol. The Morgan fingerprint density at radius 1 is 0.964 bits per heavy atom. The standard InChI is InChI=1S/C22H19NO4S/c24-21(25)20-10-9-14(28-20)11-12-23-22(26)27-13-19-17-7-3-1-5-15(17)16-6-2-4-8-18(16)19/h1-10,19H,11-13H2,(H,23,26)(H,24,25). The van der Waals surface area contributed by atoms with Gasteiger partial charge in [0, 0.05) is 17.3 Å². The Balaban J connectivity index is 1.33. The van der Waals surface area contributed by atoms with E-state index in [0.29, 0.717) is 17.8 Å². The van der Waals surface area contributed by atoms with Crippen LogP contribution in [0.25, 0.3) is 11.1 Å². The van der Waals surface area contributed by atoms with Crippen molar-refractivity contribution in [2.75, 3.05) is 13.2 Å². The first kappa shape index (κ1) is 18.3. The molecule has 1 amide bonds. The van der Waals surface area contributed by atoms with Gasteiger partial charge in [0.15, 0.2) is 0 Å². The highest BCUT2D eigenvalue weighted by molar-refractivity contribution is 7.13. The first-order chi connectivity index (χ1) is 13.6. The van der Waals surface area contributed by atoms with Gasteiger partial charge in [0.2, 0.25) is 0 Å². The van der Waals surface area contributed by atoms with Gasteiger partial charge in [-0.05, 0) is 40.8 Å². The topological polar surface area (TPSA) is 75.6 Å². The molecule has 5 nitrogen and oxygen atoms in total. The Morgan fingerprint density at radius 2 is 1.61 bits per heavy atom. The summed E-state index contributed by atoms with van der Waals surface area (Å²) in [4.78, 5) is 24.2. The van der Waals surface area contributed by atoms with E-state index in [2.05, 4.69) is 29.6 Å². The van der Waals surface area contributed by atoms with E-state index < -0.39 is 12.1 Å². The maximum Gasteiger partial charge on any atom is 0.407 e. The number of carboxylic acid groups (broad SMARTS) is 1. The van der Waals surface area contributed by atoms with Gasteiger partial charge in [-0.2, -0.15) is 0 Å². The molecule has 4 rings (SSSR count). The highest BCUT2D eigenvalue weighted by atomic mass is 32.1. The lowest BCUT2D eigenvalue weighted by molar-refractivity contribution is 0.0702. The summed E-state index contributed by atoms with van der Waals surface area (Å²) in [5.74, 6) is -0.894. The number of hydrogen-bond acceptors (Lipinski definition) is 4. The molecule has 6 heteroatoms. The van der Waals surface area contributed by atoms with Crippen molar-refractivity contribution in [3.8, 4) is 11.1 Å². The smallest absolute Gasteiger partial charge is 0.407 e. The number of ether oxygens (including phenoxy) is 1. The highest BCUT2D eigenvalue weighted by Crippen LogP contribution is 2.44. The second-order valence-corrected chi connectivity index (χ2v) is 7.74. The van der Waals surface area contributed by atoms with Crippen LogP contribution in [0, 0.1) is 0 Å². The molecular formula is C22H19NO4S. The van der Waals surface area contributed by atoms with Crippen molar-refractivity contribution in [3.05, 3.63) is 81.5 Å². The van der Waals surface area contributed by atoms with Crippen LogP contribution in [0.15, 0.2) is 60.7 Å². The van der Waals surface area contributed by atoms with Crippen LogP contribution < -0.4 is 5.32 Å². The second-order valence-electron chi connectivity index (χ2n) is 6.57. The van der Waals surface area contributed by atoms with E-state index in [9.17, 15) is 9.59 Å². The van der Waals surface area contributed by atoms with Gasteiger partial charge in [-0.1, -0.05) is 48.5 Å². The Bertz CT molecular complexity index is 981. The van der Waals surface area contributed by atoms with Crippen LogP contribution in [0.5, 0.6) is 0 Å². The zero-order chi connectivity index (χ0) is 19.5. The molecule has 1 aliphatic carbocycles. The van der Waals surface area contributed by atoms with Crippen LogP contribution in [-0.2, 0) is 11.2 Å². The molecule has 142 valence electrons. The van der Waals surface area contributed by atoms with E-state index in [0.717, 1.165) is 4.88 Å². The fourth-order valence-corrected chi connectivity index (χ4v) is 4.41. The molecule has 0 saturated carbocycles. The summed E-state index contributed by atoms with van der Waals surface area (Å²) >= 11 is 1.22. The van der Waals surface area contributed by atoms with Gasteiger partial charge in [0.05, 0.1) is 0 Å². The highest BCUT2D eigenvalue weighted by Gasteiger charge is 2.28. The molecule has 1 aromatic heterocycles. The number of rotatable bonds is 6. The van der Waals surface area contributed by atoms with Gasteiger partial charge < -0.3 is 15.2 Å². The largest absolute Gasteiger partial charge is 0.477 e. The summed E-state index contributed by atoms with van der Waals surface area (Å²) in [5, 5.41) is 11.7. The number of carbonyl (C=O) groups is 2. The van der Waals surface area contributed by atoms with Crippen molar-refractivity contribution in [3.63, 3.8) is 0 Å². The number of thiophene rings is 1. The SMILES string of the molecule is O=C(NCCc1ccc(C(=O)O)s1)OCC1c2ccccc2-c2ccccc21. The number of carbonyl (C=O) groups excluding carboxylic acids is 1. The fraction of sp³-hybridized carbons (Fsp3) is 0.182. The summed E-state index contributed by atoms with van der Waals surface area (Å²) in [6, 6.07) is 19.8. The Kier molecular flexibility index (Phi) is 5.12. The number of aromatic carboxylic acids is 1. The minimum atomic E-state index is -0.930. The molecule has 0 radical (unpaired) electrons. The van der Waals surface area contributed by atoms with Crippen LogP contribution >= 0.6 is 11.3 Å². The summed E-state index contributed by atoms with van der Waals surface area (Å²) in [5.41, 5.74) is 4.74. The van der Waals surface area contributed by atoms with Crippen molar-refractivity contribution in [2.24, 2.45) is 0 Å². The van der Waals surface area contributed by atoms with Crippen molar-refractivity contribution >= 4 is 23.4 Å². The van der Waals surface area contributed by atoms with Crippen molar-refractivity contribution in [1.82, 2.24) is 5.32 Å². The van der Waals surface area contributed by atoms with Gasteiger partial charge >= 0.3 is 12.1 Å². The van der Waals surface area contributed by atoms with Gasteiger partial charge in [-0.25, -0.2) is 9.59 Å². The number of fused-ring (bicyclic) bond motifs is 3. The van der Waals surface area contributed by atoms with Crippen molar-refractivity contribution in [1.29, 1.82) is 0 Å². The summed E-state index contributed by atoms with van der Waals surface area (Å²) in [7, 11) is 0. The third kappa shape index (κ3) is 3.64. The minimum Gasteiger partial charge on any atom is -0.477 e. The first-order valence-corrected chi connectivity index (χ1v) is 9.86. The van der Waals surface area contributed by atoms with Gasteiger partial charge in [-0.15, -0.1) is 11.3 Å². The third-order valence-electron chi connectivity index (χ3n) is 4.86. The molecule has 1 heterocycles. The van der Waals surface area contributed by atoms with E-state index in [1.807, 2.05) is 24.3 Å². The van der Waals surface area contributed by atoms with Gasteiger partial charge in [-0.3, -0.25) is 0 Å². The molecule has 0 spiro atoms. The monoisotopic (exact) mass is 393 g/mol. The van der Waals surface area contributed by atoms with Gasteiger partial charge in [0.1, 0.15) is 11.5 Å². The van der Waals surface area contributed by atoms with Crippen LogP contribution in [0.4, 0.5) is 4.79 Å². The lowest BCUT2D eigenvalue weighted by atomic mass is 9.98. The van der Waals surface area contributed by atoms with Crippen LogP contribution in [0.2, 0.25) is 0 Å². The quantitative estimate of drug-likeness (QED) is 0.645. The second kappa shape index (κ2) is 7.86. The molecule has 0 fully saturated rings. The molecular weight excluding hydrogens is 374 g/mol. The zero-order valence-corrected chi connectivity index (χ0v) is 15.9. The fourth-order valence-electron chi connectivity index (χ4n) is 3.56. The molecule has 1 aliphatic rings. The number of amides is 1. The van der Waals surface area contributed by atoms with E-state index in [1.165, 1.54) is 33.6 Å². The third-order valence-corrected chi connectivity index (χ3v) is 5.99. The molecule has 3 aromatic rings. The Labute approximate surface area is 166 Å². The van der Waals surface area contributed by atoms with E-state index in [4.69, 9.17) is 9.84 Å². The number of nitrogens with one attached hydrogen (secondary N) is 1. The van der Waals surface area contributed by atoms with Crippen LogP contribution in [0.1, 0.15) is 31.6 Å². The molecule has 0 bridgehead atoms. The number of alkyl carbamates (subject to hydrolysis) is 1. The van der Waals surface area contributed by atoms with Gasteiger partial charge in [0.25, 0.3) is 0 Å². The predicted octanol–water partition coefficient (Wildman–Crippen LogP) is 4.53. The van der Waals surface area contributed by atoms with Crippen LogP contribution in [-0.4, -0.2) is 30.3 Å². The molecule has 28 heavy (non-hydrogen) atoms. The normalized spacial score (nSPS) is 12.3. The minimum absolute atomic E-state index is 0.0357. The Hall–Kier alpha value is -3.12. The maximum atomic E-state index is 12.1. The zero-order valence-electron chi connectivity index (χ0n) is 15.1. The lowest BCUT2D eigenvalue weighted by Gasteiger charge is -2.14. The number of hydrogen-bond donors (Lipinski definition) is 2. The summed E-state index contributed by atoms with van der Waals surface area (Å²) in [6.45, 7) is 0.679. The molecule has 0 aliphatic heterocycles. The average Bonchev–Trinajstić information content (AvgIpc) is 3.30. The van der Waals surface area contributed by atoms with Crippen molar-refractivity contribution < 1.29 is 19.4 Å². The molecule has 0 saturated heterocycles. The molecule has 2 N–H and O–H groups in total. The summed E-state index contributed by atoms with van der Waals surface area (Å²) < 4.78 is 5.48. The van der Waals surface area contributed by atoms with Crippen LogP contribution in [0.3, 0.4) is 0 Å². The van der Waals surface area contributed by atoms with E-state index in [-0.39, 0.29) is 12.5 Å². The number of carboxylic acids is 1. The van der Waals surface area contributed by atoms with E-state index in [1.54, 1.807) is 12.1 Å². The predicted molar refractivity (Wildman–Crippen MR) is 108 cm³/mol. The number of benzene rings is 2. The summed E-state index contributed by atoms with van der Waals surface area (Å²) in [6.07, 6.45) is 0.110. The van der Waals surface area contributed by atoms with Crippen molar-refractivity contribution in [2.45, 2.75) is 12.3 Å².